The first-order valence-electron chi connectivity index (χ1n) is 4.66. The highest BCUT2D eigenvalue weighted by molar-refractivity contribution is 6.39. The Labute approximate surface area is 101 Å². The van der Waals surface area contributed by atoms with Crippen LogP contribution in [0.1, 0.15) is 10.5 Å². The number of aromatic nitrogens is 2. The van der Waals surface area contributed by atoms with E-state index in [4.69, 9.17) is 16.7 Å². The van der Waals surface area contributed by atoms with Gasteiger partial charge in [-0.2, -0.15) is 0 Å². The minimum Gasteiger partial charge on any atom is -0.475 e. The second kappa shape index (κ2) is 4.39. The lowest BCUT2D eigenvalue weighted by Gasteiger charge is -1.96. The Morgan fingerprint density at radius 3 is 2.76 bits per heavy atom. The summed E-state index contributed by atoms with van der Waals surface area (Å²) in [7, 11) is 0. The van der Waals surface area contributed by atoms with Crippen molar-refractivity contribution in [3.05, 3.63) is 41.2 Å². The minimum atomic E-state index is -1.52. The van der Waals surface area contributed by atoms with Gasteiger partial charge in [0.05, 0.1) is 6.20 Å². The lowest BCUT2D eigenvalue weighted by Crippen LogP contribution is -2.12. The summed E-state index contributed by atoms with van der Waals surface area (Å²) in [5.41, 5.74) is 0.620. The molecular weight excluding hydrogens is 244 g/mol. The molecule has 2 N–H and O–H groups in total. The van der Waals surface area contributed by atoms with Gasteiger partial charge in [-0.25, -0.2) is 9.78 Å². The number of halogens is 1. The van der Waals surface area contributed by atoms with Crippen molar-refractivity contribution in [2.24, 2.45) is 0 Å². The maximum Gasteiger partial charge on any atom is 0.378 e. The van der Waals surface area contributed by atoms with Gasteiger partial charge < -0.3 is 10.1 Å². The quantitative estimate of drug-likeness (QED) is 0.645. The van der Waals surface area contributed by atoms with Crippen LogP contribution in [0.5, 0.6) is 0 Å². The third-order valence-electron chi connectivity index (χ3n) is 2.11. The molecule has 0 spiro atoms. The van der Waals surface area contributed by atoms with Gasteiger partial charge in [-0.15, -0.1) is 0 Å². The SMILES string of the molecule is O=C(O)C(=O)c1cnc(-c2cccc(Cl)c2)[nH]1. The topological polar surface area (TPSA) is 83.0 Å². The Morgan fingerprint density at radius 1 is 1.35 bits per heavy atom. The van der Waals surface area contributed by atoms with Crippen molar-refractivity contribution in [1.29, 1.82) is 0 Å². The molecule has 1 heterocycles. The third-order valence-corrected chi connectivity index (χ3v) is 2.35. The molecule has 1 aromatic heterocycles. The molecule has 6 heteroatoms. The number of carboxylic acid groups (broad SMARTS) is 1. The van der Waals surface area contributed by atoms with Crippen LogP contribution < -0.4 is 0 Å². The summed E-state index contributed by atoms with van der Waals surface area (Å²) in [6.07, 6.45) is 1.19. The zero-order valence-electron chi connectivity index (χ0n) is 8.48. The molecule has 2 aromatic rings. The number of ketones is 1. The number of imidazole rings is 1. The second-order valence-corrected chi connectivity index (χ2v) is 3.73. The fourth-order valence-electron chi connectivity index (χ4n) is 1.33. The van der Waals surface area contributed by atoms with Crippen molar-refractivity contribution in [1.82, 2.24) is 9.97 Å². The highest BCUT2D eigenvalue weighted by Crippen LogP contribution is 2.19. The number of rotatable bonds is 3. The van der Waals surface area contributed by atoms with Gasteiger partial charge >= 0.3 is 5.97 Å². The van der Waals surface area contributed by atoms with Gasteiger partial charge in [0.2, 0.25) is 0 Å². The van der Waals surface area contributed by atoms with E-state index in [-0.39, 0.29) is 5.69 Å². The number of carbonyl (C=O) groups is 2. The van der Waals surface area contributed by atoms with Crippen LogP contribution in [0, 0.1) is 0 Å². The third kappa shape index (κ3) is 2.34. The van der Waals surface area contributed by atoms with Crippen molar-refractivity contribution in [2.45, 2.75) is 0 Å². The second-order valence-electron chi connectivity index (χ2n) is 3.29. The number of nitrogens with one attached hydrogen (secondary N) is 1. The van der Waals surface area contributed by atoms with Gasteiger partial charge in [-0.05, 0) is 12.1 Å². The first-order valence-corrected chi connectivity index (χ1v) is 5.04. The molecule has 17 heavy (non-hydrogen) atoms. The molecule has 0 bridgehead atoms. The molecule has 0 unspecified atom stereocenters. The van der Waals surface area contributed by atoms with E-state index in [0.717, 1.165) is 0 Å². The number of benzene rings is 1. The monoisotopic (exact) mass is 250 g/mol. The lowest BCUT2D eigenvalue weighted by atomic mass is 10.2. The number of hydrogen-bond acceptors (Lipinski definition) is 3. The molecule has 0 fully saturated rings. The normalized spacial score (nSPS) is 10.2. The zero-order chi connectivity index (χ0) is 12.4. The average Bonchev–Trinajstić information content (AvgIpc) is 2.77. The van der Waals surface area contributed by atoms with E-state index >= 15 is 0 Å². The van der Waals surface area contributed by atoms with E-state index in [1.54, 1.807) is 24.3 Å². The van der Waals surface area contributed by atoms with E-state index in [9.17, 15) is 9.59 Å². The molecule has 0 atom stereocenters. The smallest absolute Gasteiger partial charge is 0.378 e. The molecular formula is C11H7ClN2O3. The molecule has 86 valence electrons. The fraction of sp³-hybridized carbons (Fsp3) is 0. The van der Waals surface area contributed by atoms with Gasteiger partial charge in [-0.3, -0.25) is 4.79 Å². The highest BCUT2D eigenvalue weighted by atomic mass is 35.5. The number of Topliss-reactive ketones (excluding diaryl/α,β-unsaturated/α-hetero) is 1. The fourth-order valence-corrected chi connectivity index (χ4v) is 1.52. The van der Waals surface area contributed by atoms with Crippen molar-refractivity contribution in [3.63, 3.8) is 0 Å². The summed E-state index contributed by atoms with van der Waals surface area (Å²) in [5, 5.41) is 9.07. The maximum atomic E-state index is 11.2. The molecule has 0 aliphatic heterocycles. The first kappa shape index (κ1) is 11.3. The largest absolute Gasteiger partial charge is 0.475 e. The Morgan fingerprint density at radius 2 is 2.12 bits per heavy atom. The predicted molar refractivity (Wildman–Crippen MR) is 61.0 cm³/mol. The maximum absolute atomic E-state index is 11.2. The van der Waals surface area contributed by atoms with Crippen LogP contribution >= 0.6 is 11.6 Å². The summed E-state index contributed by atoms with van der Waals surface area (Å²) in [4.78, 5) is 28.2. The molecule has 0 radical (unpaired) electrons. The standard InChI is InChI=1S/C11H7ClN2O3/c12-7-3-1-2-6(4-7)10-13-5-8(14-10)9(15)11(16)17/h1-5H,(H,13,14)(H,16,17). The summed E-state index contributed by atoms with van der Waals surface area (Å²) in [6, 6.07) is 6.85. The molecule has 0 saturated carbocycles. The van der Waals surface area contributed by atoms with Crippen LogP contribution in [0.4, 0.5) is 0 Å². The van der Waals surface area contributed by atoms with Crippen LogP contribution in [0.25, 0.3) is 11.4 Å². The number of hydrogen-bond donors (Lipinski definition) is 2. The van der Waals surface area contributed by atoms with Gasteiger partial charge in [0, 0.05) is 10.6 Å². The molecule has 0 saturated heterocycles. The van der Waals surface area contributed by atoms with Gasteiger partial charge in [0.15, 0.2) is 0 Å². The number of carbonyl (C=O) groups excluding carboxylic acids is 1. The Kier molecular flexibility index (Phi) is 2.93. The van der Waals surface area contributed by atoms with Gasteiger partial charge in [0.1, 0.15) is 11.5 Å². The molecule has 0 amide bonds. The number of carboxylic acids is 1. The van der Waals surface area contributed by atoms with Crippen LogP contribution in [0.2, 0.25) is 5.02 Å². The van der Waals surface area contributed by atoms with Crippen LogP contribution in [0.15, 0.2) is 30.5 Å². The van der Waals surface area contributed by atoms with Gasteiger partial charge in [-0.1, -0.05) is 23.7 Å². The molecule has 1 aromatic carbocycles. The molecule has 2 rings (SSSR count). The summed E-state index contributed by atoms with van der Waals surface area (Å²) < 4.78 is 0. The van der Waals surface area contributed by atoms with E-state index in [2.05, 4.69) is 9.97 Å². The van der Waals surface area contributed by atoms with E-state index in [1.807, 2.05) is 0 Å². The van der Waals surface area contributed by atoms with Crippen molar-refractivity contribution >= 4 is 23.4 Å². The zero-order valence-corrected chi connectivity index (χ0v) is 9.23. The van der Waals surface area contributed by atoms with E-state index in [1.165, 1.54) is 6.20 Å². The first-order chi connectivity index (χ1) is 8.08. The summed E-state index contributed by atoms with van der Waals surface area (Å²) in [6.45, 7) is 0. The average molecular weight is 251 g/mol. The lowest BCUT2D eigenvalue weighted by molar-refractivity contribution is -0.131. The molecule has 5 nitrogen and oxygen atoms in total. The summed E-state index contributed by atoms with van der Waals surface area (Å²) >= 11 is 5.81. The summed E-state index contributed by atoms with van der Waals surface area (Å²) in [5.74, 6) is -2.14. The Hall–Kier alpha value is -2.14. The highest BCUT2D eigenvalue weighted by Gasteiger charge is 2.17. The van der Waals surface area contributed by atoms with Crippen molar-refractivity contribution in [2.75, 3.05) is 0 Å². The number of H-pyrrole nitrogens is 1. The predicted octanol–water partition coefficient (Wildman–Crippen LogP) is 2.00. The van der Waals surface area contributed by atoms with Crippen molar-refractivity contribution in [3.8, 4) is 11.4 Å². The number of aromatic amines is 1. The Balaban J connectivity index is 2.36. The van der Waals surface area contributed by atoms with Crippen LogP contribution in [-0.4, -0.2) is 26.8 Å². The van der Waals surface area contributed by atoms with E-state index in [0.29, 0.717) is 16.4 Å². The number of nitrogens with zero attached hydrogens (tertiary/aromatic N) is 1. The van der Waals surface area contributed by atoms with Crippen molar-refractivity contribution < 1.29 is 14.7 Å². The van der Waals surface area contributed by atoms with Crippen LogP contribution in [-0.2, 0) is 4.79 Å². The van der Waals surface area contributed by atoms with Gasteiger partial charge in [0.25, 0.3) is 5.78 Å². The minimum absolute atomic E-state index is 0.0625. The number of aliphatic carboxylic acids is 1. The molecule has 0 aliphatic carbocycles. The van der Waals surface area contributed by atoms with E-state index < -0.39 is 11.8 Å². The Bertz CT molecular complexity index is 592. The van der Waals surface area contributed by atoms with Crippen LogP contribution in [0.3, 0.4) is 0 Å². The molecule has 0 aliphatic rings.